The van der Waals surface area contributed by atoms with Gasteiger partial charge in [0.2, 0.25) is 0 Å². The Morgan fingerprint density at radius 3 is 2.71 bits per heavy atom. The Kier molecular flexibility index (Phi) is 4.54. The van der Waals surface area contributed by atoms with Crippen molar-refractivity contribution >= 4 is 10.8 Å². The Bertz CT molecular complexity index is 200. The number of hydrogen-bond donors (Lipinski definition) is 1. The minimum absolute atomic E-state index is 0.260. The van der Waals surface area contributed by atoms with Gasteiger partial charge >= 0.3 is 0 Å². The van der Waals surface area contributed by atoms with E-state index in [4.69, 9.17) is 0 Å². The molecule has 0 aromatic heterocycles. The van der Waals surface area contributed by atoms with E-state index < -0.39 is 10.8 Å². The molecule has 1 heterocycles. The van der Waals surface area contributed by atoms with Crippen LogP contribution in [0.3, 0.4) is 0 Å². The minimum Gasteiger partial charge on any atom is -0.311 e. The molecule has 0 aromatic rings. The Morgan fingerprint density at radius 1 is 1.64 bits per heavy atom. The lowest BCUT2D eigenvalue weighted by Crippen LogP contribution is -2.37. The maximum Gasteiger partial charge on any atom is 0.0441 e. The molecule has 0 amide bonds. The van der Waals surface area contributed by atoms with E-state index in [-0.39, 0.29) is 5.25 Å². The van der Waals surface area contributed by atoms with Crippen molar-refractivity contribution in [3.05, 3.63) is 0 Å². The van der Waals surface area contributed by atoms with Gasteiger partial charge in [-0.2, -0.15) is 0 Å². The van der Waals surface area contributed by atoms with Crippen molar-refractivity contribution in [2.24, 2.45) is 0 Å². The molecule has 1 aliphatic heterocycles. The van der Waals surface area contributed by atoms with Crippen LogP contribution in [0.15, 0.2) is 0 Å². The molecule has 14 heavy (non-hydrogen) atoms. The van der Waals surface area contributed by atoms with Gasteiger partial charge in [0, 0.05) is 47.5 Å². The highest BCUT2D eigenvalue weighted by atomic mass is 32.2. The predicted molar refractivity (Wildman–Crippen MR) is 62.0 cm³/mol. The van der Waals surface area contributed by atoms with Gasteiger partial charge < -0.3 is 10.2 Å². The highest BCUT2D eigenvalue weighted by Gasteiger charge is 2.25. The first-order chi connectivity index (χ1) is 6.50. The zero-order chi connectivity index (χ0) is 10.7. The standard InChI is InChI=1S/C10H22N2OS/c1-8-5-10(7-12(8)3)11-6-9(2)14(4)13/h8-11H,5-7H2,1-4H3. The Labute approximate surface area is 89.7 Å². The Hall–Kier alpha value is 0.0700. The van der Waals surface area contributed by atoms with Crippen molar-refractivity contribution in [2.75, 3.05) is 26.4 Å². The summed E-state index contributed by atoms with van der Waals surface area (Å²) in [5, 5.41) is 3.75. The van der Waals surface area contributed by atoms with Crippen LogP contribution in [0.1, 0.15) is 20.3 Å². The maximum absolute atomic E-state index is 11.1. The SMILES string of the molecule is CC1CC(NCC(C)S(C)=O)CN1C. The van der Waals surface area contributed by atoms with Crippen LogP contribution in [0.2, 0.25) is 0 Å². The topological polar surface area (TPSA) is 32.3 Å². The van der Waals surface area contributed by atoms with E-state index in [1.807, 2.05) is 6.92 Å². The number of rotatable bonds is 4. The molecule has 1 rings (SSSR count). The van der Waals surface area contributed by atoms with E-state index in [0.717, 1.165) is 13.1 Å². The Morgan fingerprint density at radius 2 is 2.29 bits per heavy atom. The molecule has 0 bridgehead atoms. The van der Waals surface area contributed by atoms with E-state index in [1.54, 1.807) is 6.26 Å². The van der Waals surface area contributed by atoms with Gasteiger partial charge in [0.25, 0.3) is 0 Å². The number of likely N-dealkylation sites (N-methyl/N-ethyl adjacent to an activating group) is 1. The van der Waals surface area contributed by atoms with Crippen LogP contribution in [0, 0.1) is 0 Å². The van der Waals surface area contributed by atoms with Crippen molar-refractivity contribution in [1.82, 2.24) is 10.2 Å². The summed E-state index contributed by atoms with van der Waals surface area (Å²) in [6, 6.07) is 1.26. The molecule has 4 unspecified atom stereocenters. The Balaban J connectivity index is 2.23. The molecule has 0 aliphatic carbocycles. The summed E-state index contributed by atoms with van der Waals surface area (Å²) in [7, 11) is 1.46. The molecular weight excluding hydrogens is 196 g/mol. The van der Waals surface area contributed by atoms with E-state index in [9.17, 15) is 4.21 Å². The van der Waals surface area contributed by atoms with Crippen LogP contribution in [0.25, 0.3) is 0 Å². The van der Waals surface area contributed by atoms with E-state index in [1.165, 1.54) is 6.42 Å². The van der Waals surface area contributed by atoms with Crippen molar-refractivity contribution in [3.63, 3.8) is 0 Å². The van der Waals surface area contributed by atoms with Crippen LogP contribution < -0.4 is 5.32 Å². The summed E-state index contributed by atoms with van der Waals surface area (Å²) in [6.07, 6.45) is 2.98. The summed E-state index contributed by atoms with van der Waals surface area (Å²) in [6.45, 7) is 6.27. The molecule has 4 atom stereocenters. The molecule has 0 saturated carbocycles. The molecule has 1 N–H and O–H groups in total. The molecule has 1 aliphatic rings. The van der Waals surface area contributed by atoms with E-state index in [2.05, 4.69) is 24.2 Å². The molecule has 4 heteroatoms. The van der Waals surface area contributed by atoms with E-state index >= 15 is 0 Å². The quantitative estimate of drug-likeness (QED) is 0.743. The lowest BCUT2D eigenvalue weighted by atomic mass is 10.2. The first kappa shape index (κ1) is 12.1. The number of likely N-dealkylation sites (tertiary alicyclic amines) is 1. The smallest absolute Gasteiger partial charge is 0.0441 e. The summed E-state index contributed by atoms with van der Waals surface area (Å²) >= 11 is 0. The normalized spacial score (nSPS) is 33.1. The average Bonchev–Trinajstić information content (AvgIpc) is 2.42. The summed E-state index contributed by atoms with van der Waals surface area (Å²) < 4.78 is 11.1. The van der Waals surface area contributed by atoms with Gasteiger partial charge in [-0.25, -0.2) is 0 Å². The fourth-order valence-electron chi connectivity index (χ4n) is 1.79. The van der Waals surface area contributed by atoms with Crippen LogP contribution >= 0.6 is 0 Å². The third-order valence-corrected chi connectivity index (χ3v) is 4.45. The number of hydrogen-bond acceptors (Lipinski definition) is 3. The second-order valence-electron chi connectivity index (χ2n) is 4.44. The van der Waals surface area contributed by atoms with Gasteiger partial charge in [0.1, 0.15) is 0 Å². The first-order valence-electron chi connectivity index (χ1n) is 5.26. The third kappa shape index (κ3) is 3.33. The monoisotopic (exact) mass is 218 g/mol. The van der Waals surface area contributed by atoms with Crippen molar-refractivity contribution < 1.29 is 4.21 Å². The van der Waals surface area contributed by atoms with Crippen LogP contribution in [-0.4, -0.2) is 52.8 Å². The highest BCUT2D eigenvalue weighted by molar-refractivity contribution is 7.84. The zero-order valence-electron chi connectivity index (χ0n) is 9.62. The molecule has 0 radical (unpaired) electrons. The molecule has 84 valence electrons. The molecule has 0 spiro atoms. The van der Waals surface area contributed by atoms with Crippen molar-refractivity contribution in [2.45, 2.75) is 37.6 Å². The molecule has 3 nitrogen and oxygen atoms in total. The third-order valence-electron chi connectivity index (χ3n) is 3.15. The maximum atomic E-state index is 11.1. The summed E-state index contributed by atoms with van der Waals surface area (Å²) in [4.78, 5) is 2.37. The fraction of sp³-hybridized carbons (Fsp3) is 1.00. The van der Waals surface area contributed by atoms with Gasteiger partial charge in [0.15, 0.2) is 0 Å². The lowest BCUT2D eigenvalue weighted by molar-refractivity contribution is 0.327. The number of nitrogens with zero attached hydrogens (tertiary/aromatic N) is 1. The lowest BCUT2D eigenvalue weighted by Gasteiger charge is -2.15. The molecule has 0 aromatic carbocycles. The van der Waals surface area contributed by atoms with Gasteiger partial charge in [-0.15, -0.1) is 0 Å². The van der Waals surface area contributed by atoms with Gasteiger partial charge in [-0.3, -0.25) is 4.21 Å². The predicted octanol–water partition coefficient (Wildman–Crippen LogP) is 0.436. The van der Waals surface area contributed by atoms with Crippen LogP contribution in [0.5, 0.6) is 0 Å². The van der Waals surface area contributed by atoms with Gasteiger partial charge in [0.05, 0.1) is 0 Å². The second kappa shape index (κ2) is 5.24. The van der Waals surface area contributed by atoms with Crippen molar-refractivity contribution in [1.29, 1.82) is 0 Å². The summed E-state index contributed by atoms with van der Waals surface area (Å²) in [5.41, 5.74) is 0. The summed E-state index contributed by atoms with van der Waals surface area (Å²) in [5.74, 6) is 0. The first-order valence-corrected chi connectivity index (χ1v) is 6.88. The second-order valence-corrected chi connectivity index (χ2v) is 6.24. The van der Waals surface area contributed by atoms with Gasteiger partial charge in [-0.05, 0) is 27.3 Å². The van der Waals surface area contributed by atoms with Gasteiger partial charge in [-0.1, -0.05) is 0 Å². The molecule has 1 fully saturated rings. The largest absolute Gasteiger partial charge is 0.311 e. The highest BCUT2D eigenvalue weighted by Crippen LogP contribution is 2.14. The van der Waals surface area contributed by atoms with E-state index in [0.29, 0.717) is 12.1 Å². The molecule has 1 saturated heterocycles. The van der Waals surface area contributed by atoms with Crippen LogP contribution in [0.4, 0.5) is 0 Å². The number of nitrogens with one attached hydrogen (secondary N) is 1. The average molecular weight is 218 g/mol. The van der Waals surface area contributed by atoms with Crippen molar-refractivity contribution in [3.8, 4) is 0 Å². The minimum atomic E-state index is -0.704. The zero-order valence-corrected chi connectivity index (χ0v) is 10.4. The van der Waals surface area contributed by atoms with Crippen LogP contribution in [-0.2, 0) is 10.8 Å². The molecular formula is C10H22N2OS. The fourth-order valence-corrected chi connectivity index (χ4v) is 2.12.